The van der Waals surface area contributed by atoms with E-state index in [1.807, 2.05) is 0 Å². The van der Waals surface area contributed by atoms with Gasteiger partial charge in [0.15, 0.2) is 0 Å². The van der Waals surface area contributed by atoms with Gasteiger partial charge in [-0.3, -0.25) is 14.6 Å². The zero-order valence-corrected chi connectivity index (χ0v) is 11.0. The fourth-order valence-corrected chi connectivity index (χ4v) is 1.54. The minimum Gasteiger partial charge on any atom is -0.344 e. The van der Waals surface area contributed by atoms with E-state index in [1.165, 1.54) is 0 Å². The van der Waals surface area contributed by atoms with Crippen LogP contribution in [0.5, 0.6) is 0 Å². The van der Waals surface area contributed by atoms with Crippen molar-refractivity contribution in [3.8, 4) is 0 Å². The number of nitrogens with zero attached hydrogens (tertiary/aromatic N) is 2. The van der Waals surface area contributed by atoms with Gasteiger partial charge in [0.1, 0.15) is 5.82 Å². The van der Waals surface area contributed by atoms with E-state index in [0.29, 0.717) is 5.82 Å². The number of hydrogen-bond donors (Lipinski definition) is 2. The Labute approximate surface area is 116 Å². The number of pyridine rings is 2. The maximum atomic E-state index is 11.7. The van der Waals surface area contributed by atoms with Crippen molar-refractivity contribution in [3.05, 3.63) is 54.0 Å². The van der Waals surface area contributed by atoms with Crippen molar-refractivity contribution < 1.29 is 9.59 Å². The lowest BCUT2D eigenvalue weighted by Gasteiger charge is -2.07. The zero-order valence-electron chi connectivity index (χ0n) is 11.0. The quantitative estimate of drug-likeness (QED) is 0.816. The zero-order chi connectivity index (χ0) is 14.4. The van der Waals surface area contributed by atoms with E-state index in [1.54, 1.807) is 49.8 Å². The first-order chi connectivity index (χ1) is 9.66. The SMILES string of the molecule is Cc1cccnc1NC(=O)C(=O)NCc1ccncc1. The van der Waals surface area contributed by atoms with Gasteiger partial charge in [0.05, 0.1) is 0 Å². The Hall–Kier alpha value is -2.76. The molecule has 6 heteroatoms. The smallest absolute Gasteiger partial charge is 0.314 e. The monoisotopic (exact) mass is 270 g/mol. The van der Waals surface area contributed by atoms with Crippen molar-refractivity contribution in [2.45, 2.75) is 13.5 Å². The minimum absolute atomic E-state index is 0.274. The van der Waals surface area contributed by atoms with Crippen LogP contribution in [0.4, 0.5) is 5.82 Å². The lowest BCUT2D eigenvalue weighted by atomic mass is 10.2. The first-order valence-corrected chi connectivity index (χ1v) is 6.06. The largest absolute Gasteiger partial charge is 0.344 e. The number of anilines is 1. The Balaban J connectivity index is 1.90. The molecule has 2 N–H and O–H groups in total. The van der Waals surface area contributed by atoms with E-state index in [-0.39, 0.29) is 6.54 Å². The number of amides is 2. The predicted octanol–water partition coefficient (Wildman–Crippen LogP) is 1.04. The fraction of sp³-hybridized carbons (Fsp3) is 0.143. The molecule has 0 aliphatic carbocycles. The van der Waals surface area contributed by atoms with Crippen LogP contribution < -0.4 is 10.6 Å². The molecular formula is C14H14N4O2. The molecule has 0 spiro atoms. The highest BCUT2D eigenvalue weighted by Crippen LogP contribution is 2.08. The van der Waals surface area contributed by atoms with Gasteiger partial charge in [0.25, 0.3) is 0 Å². The Morgan fingerprint density at radius 1 is 1.10 bits per heavy atom. The van der Waals surface area contributed by atoms with Crippen molar-refractivity contribution in [1.82, 2.24) is 15.3 Å². The molecule has 2 amide bonds. The second kappa shape index (κ2) is 6.42. The summed E-state index contributed by atoms with van der Waals surface area (Å²) in [6, 6.07) is 7.09. The second-order valence-corrected chi connectivity index (χ2v) is 4.16. The molecule has 0 aliphatic rings. The van der Waals surface area contributed by atoms with E-state index in [2.05, 4.69) is 20.6 Å². The van der Waals surface area contributed by atoms with Gasteiger partial charge in [-0.15, -0.1) is 0 Å². The van der Waals surface area contributed by atoms with Gasteiger partial charge >= 0.3 is 11.8 Å². The highest BCUT2D eigenvalue weighted by atomic mass is 16.2. The normalized spacial score (nSPS) is 9.85. The van der Waals surface area contributed by atoms with Crippen LogP contribution in [0.25, 0.3) is 0 Å². The van der Waals surface area contributed by atoms with Crippen molar-refractivity contribution in [2.24, 2.45) is 0 Å². The van der Waals surface area contributed by atoms with Gasteiger partial charge in [-0.25, -0.2) is 4.98 Å². The summed E-state index contributed by atoms with van der Waals surface area (Å²) in [5.74, 6) is -1.05. The third-order valence-electron chi connectivity index (χ3n) is 2.65. The predicted molar refractivity (Wildman–Crippen MR) is 73.7 cm³/mol. The summed E-state index contributed by atoms with van der Waals surface area (Å²) in [5.41, 5.74) is 1.66. The van der Waals surface area contributed by atoms with Crippen LogP contribution in [0.15, 0.2) is 42.9 Å². The topological polar surface area (TPSA) is 84.0 Å². The molecule has 0 radical (unpaired) electrons. The van der Waals surface area contributed by atoms with Gasteiger partial charge in [0.2, 0.25) is 0 Å². The molecule has 0 aromatic carbocycles. The molecule has 2 aromatic heterocycles. The molecule has 0 saturated carbocycles. The van der Waals surface area contributed by atoms with Gasteiger partial charge in [0, 0.05) is 25.1 Å². The summed E-state index contributed by atoms with van der Waals surface area (Å²) < 4.78 is 0. The van der Waals surface area contributed by atoms with E-state index >= 15 is 0 Å². The first-order valence-electron chi connectivity index (χ1n) is 6.06. The lowest BCUT2D eigenvalue weighted by Crippen LogP contribution is -2.35. The summed E-state index contributed by atoms with van der Waals surface area (Å²) >= 11 is 0. The minimum atomic E-state index is -0.735. The molecule has 20 heavy (non-hydrogen) atoms. The van der Waals surface area contributed by atoms with Gasteiger partial charge < -0.3 is 10.6 Å². The van der Waals surface area contributed by atoms with Crippen LogP contribution in [0.2, 0.25) is 0 Å². The second-order valence-electron chi connectivity index (χ2n) is 4.16. The summed E-state index contributed by atoms with van der Waals surface area (Å²) in [7, 11) is 0. The number of carbonyl (C=O) groups excluding carboxylic acids is 2. The van der Waals surface area contributed by atoms with Gasteiger partial charge in [-0.2, -0.15) is 0 Å². The summed E-state index contributed by atoms with van der Waals surface area (Å²) in [6.45, 7) is 2.08. The molecule has 2 aromatic rings. The molecule has 2 rings (SSSR count). The molecule has 0 atom stereocenters. The number of aromatic nitrogens is 2. The van der Waals surface area contributed by atoms with Crippen LogP contribution in [-0.4, -0.2) is 21.8 Å². The number of carbonyl (C=O) groups is 2. The highest BCUT2D eigenvalue weighted by molar-refractivity contribution is 6.39. The van der Waals surface area contributed by atoms with Crippen molar-refractivity contribution in [1.29, 1.82) is 0 Å². The molecule has 0 bridgehead atoms. The summed E-state index contributed by atoms with van der Waals surface area (Å²) in [6.07, 6.45) is 4.80. The van der Waals surface area contributed by atoms with Crippen molar-refractivity contribution in [3.63, 3.8) is 0 Å². The van der Waals surface area contributed by atoms with E-state index in [4.69, 9.17) is 0 Å². The fourth-order valence-electron chi connectivity index (χ4n) is 1.54. The van der Waals surface area contributed by atoms with Crippen LogP contribution >= 0.6 is 0 Å². The van der Waals surface area contributed by atoms with Gasteiger partial charge in [-0.1, -0.05) is 6.07 Å². The number of nitrogens with one attached hydrogen (secondary N) is 2. The third-order valence-corrected chi connectivity index (χ3v) is 2.65. The molecule has 0 fully saturated rings. The first kappa shape index (κ1) is 13.7. The molecule has 102 valence electrons. The number of rotatable bonds is 3. The van der Waals surface area contributed by atoms with Crippen LogP contribution in [0, 0.1) is 6.92 Å². The maximum absolute atomic E-state index is 11.7. The molecule has 2 heterocycles. The van der Waals surface area contributed by atoms with E-state index < -0.39 is 11.8 Å². The maximum Gasteiger partial charge on any atom is 0.314 e. The van der Waals surface area contributed by atoms with Crippen LogP contribution in [0.1, 0.15) is 11.1 Å². The standard InChI is InChI=1S/C14H14N4O2/c1-10-3-2-6-16-12(10)18-14(20)13(19)17-9-11-4-7-15-8-5-11/h2-8H,9H2,1H3,(H,17,19)(H,16,18,20). The Morgan fingerprint density at radius 3 is 2.55 bits per heavy atom. The number of hydrogen-bond acceptors (Lipinski definition) is 4. The van der Waals surface area contributed by atoms with E-state index in [0.717, 1.165) is 11.1 Å². The third kappa shape index (κ3) is 3.61. The Bertz CT molecular complexity index is 614. The van der Waals surface area contributed by atoms with Crippen molar-refractivity contribution in [2.75, 3.05) is 5.32 Å². The lowest BCUT2D eigenvalue weighted by molar-refractivity contribution is -0.136. The Morgan fingerprint density at radius 2 is 1.85 bits per heavy atom. The van der Waals surface area contributed by atoms with Crippen LogP contribution in [0.3, 0.4) is 0 Å². The van der Waals surface area contributed by atoms with Crippen molar-refractivity contribution >= 4 is 17.6 Å². The summed E-state index contributed by atoms with van der Waals surface area (Å²) in [5, 5.41) is 5.00. The molecule has 0 unspecified atom stereocenters. The molecular weight excluding hydrogens is 256 g/mol. The molecule has 0 saturated heterocycles. The Kier molecular flexibility index (Phi) is 4.39. The number of aryl methyl sites for hydroxylation is 1. The average molecular weight is 270 g/mol. The van der Waals surface area contributed by atoms with Crippen LogP contribution in [-0.2, 0) is 16.1 Å². The van der Waals surface area contributed by atoms with E-state index in [9.17, 15) is 9.59 Å². The summed E-state index contributed by atoms with van der Waals surface area (Å²) in [4.78, 5) is 31.2. The average Bonchev–Trinajstić information content (AvgIpc) is 2.48. The highest BCUT2D eigenvalue weighted by Gasteiger charge is 2.14. The van der Waals surface area contributed by atoms with Gasteiger partial charge in [-0.05, 0) is 36.2 Å². The molecule has 6 nitrogen and oxygen atoms in total. The molecule has 0 aliphatic heterocycles.